The molecule has 2 saturated carbocycles. The monoisotopic (exact) mass is 339 g/mol. The van der Waals surface area contributed by atoms with E-state index in [1.54, 1.807) is 6.07 Å². The fraction of sp³-hybridized carbons (Fsp3) is 0.611. The fourth-order valence-electron chi connectivity index (χ4n) is 4.37. The highest BCUT2D eigenvalue weighted by Gasteiger charge is 2.56. The quantitative estimate of drug-likeness (QED) is 0.907. The van der Waals surface area contributed by atoms with Crippen LogP contribution in [-0.4, -0.2) is 44.8 Å². The predicted octanol–water partition coefficient (Wildman–Crippen LogP) is 1.29. The van der Waals surface area contributed by atoms with Crippen LogP contribution in [-0.2, 0) is 11.3 Å². The summed E-state index contributed by atoms with van der Waals surface area (Å²) in [6.45, 7) is 3.18. The molecule has 0 bridgehead atoms. The maximum absolute atomic E-state index is 12.3. The van der Waals surface area contributed by atoms with Gasteiger partial charge in [-0.15, -0.1) is 0 Å². The second kappa shape index (κ2) is 5.41. The van der Waals surface area contributed by atoms with Crippen LogP contribution < -0.4 is 5.56 Å². The van der Waals surface area contributed by atoms with Gasteiger partial charge in [0.15, 0.2) is 5.65 Å². The van der Waals surface area contributed by atoms with Gasteiger partial charge in [-0.25, -0.2) is 9.50 Å². The lowest BCUT2D eigenvalue weighted by Crippen LogP contribution is -2.54. The molecule has 7 nitrogen and oxygen atoms in total. The zero-order valence-electron chi connectivity index (χ0n) is 14.1. The van der Waals surface area contributed by atoms with Crippen molar-refractivity contribution < 1.29 is 4.74 Å². The molecule has 0 aromatic carbocycles. The van der Waals surface area contributed by atoms with Gasteiger partial charge in [-0.2, -0.15) is 5.26 Å². The molecular weight excluding hydrogens is 318 g/mol. The molecule has 0 unspecified atom stereocenters. The van der Waals surface area contributed by atoms with Crippen LogP contribution in [0.15, 0.2) is 17.1 Å². The molecule has 0 amide bonds. The van der Waals surface area contributed by atoms with Gasteiger partial charge < -0.3 is 4.74 Å². The summed E-state index contributed by atoms with van der Waals surface area (Å²) in [5, 5.41) is 12.0. The molecular formula is C18H21N5O2. The Bertz CT molecular complexity index is 904. The summed E-state index contributed by atoms with van der Waals surface area (Å²) >= 11 is 0. The molecule has 2 aromatic rings. The Morgan fingerprint density at radius 2 is 2.12 bits per heavy atom. The molecule has 1 N–H and O–H groups in total. The van der Waals surface area contributed by atoms with E-state index < -0.39 is 0 Å². The fourth-order valence-corrected chi connectivity index (χ4v) is 4.37. The minimum atomic E-state index is -0.176. The lowest BCUT2D eigenvalue weighted by atomic mass is 9.89. The number of morpholine rings is 1. The summed E-state index contributed by atoms with van der Waals surface area (Å²) in [5.41, 5.74) is 1.39. The van der Waals surface area contributed by atoms with E-state index in [4.69, 9.17) is 4.74 Å². The molecule has 5 rings (SSSR count). The molecule has 25 heavy (non-hydrogen) atoms. The smallest absolute Gasteiger partial charge is 0.272 e. The van der Waals surface area contributed by atoms with Crippen LogP contribution in [0.5, 0.6) is 0 Å². The highest BCUT2D eigenvalue weighted by Crippen LogP contribution is 2.55. The lowest BCUT2D eigenvalue weighted by Gasteiger charge is -2.43. The Morgan fingerprint density at radius 1 is 1.36 bits per heavy atom. The van der Waals surface area contributed by atoms with Crippen molar-refractivity contribution in [1.29, 1.82) is 5.26 Å². The number of hydrogen-bond acceptors (Lipinski definition) is 5. The topological polar surface area (TPSA) is 86.4 Å². The van der Waals surface area contributed by atoms with Crippen LogP contribution in [0.4, 0.5) is 0 Å². The second-order valence-corrected chi connectivity index (χ2v) is 7.61. The number of nitriles is 1. The van der Waals surface area contributed by atoms with E-state index in [1.807, 2.05) is 0 Å². The van der Waals surface area contributed by atoms with Crippen LogP contribution in [0.2, 0.25) is 0 Å². The SMILES string of the molecule is N#Cc1c[nH]n2c(=O)cc(CN3CCOC(C4CC4)(C4CC4)C3)nc12. The van der Waals surface area contributed by atoms with E-state index in [9.17, 15) is 10.1 Å². The first-order valence-corrected chi connectivity index (χ1v) is 9.06. The number of nitrogens with one attached hydrogen (secondary N) is 1. The van der Waals surface area contributed by atoms with Gasteiger partial charge in [0.25, 0.3) is 5.56 Å². The molecule has 0 radical (unpaired) electrons. The molecule has 7 heteroatoms. The zero-order chi connectivity index (χ0) is 17.0. The second-order valence-electron chi connectivity index (χ2n) is 7.61. The van der Waals surface area contributed by atoms with Gasteiger partial charge in [0.2, 0.25) is 0 Å². The standard InChI is InChI=1S/C18H21N5O2/c19-8-12-9-20-23-16(24)7-15(21-17(12)23)10-22-5-6-25-18(11-22,13-1-2-13)14-3-4-14/h7,9,13-14,20H,1-6,10-11H2. The molecule has 2 aliphatic carbocycles. The summed E-state index contributed by atoms with van der Waals surface area (Å²) in [6.07, 6.45) is 6.65. The van der Waals surface area contributed by atoms with E-state index in [0.717, 1.165) is 25.4 Å². The van der Waals surface area contributed by atoms with Gasteiger partial charge in [-0.1, -0.05) is 0 Å². The van der Waals surface area contributed by atoms with Crippen LogP contribution in [0.3, 0.4) is 0 Å². The van der Waals surface area contributed by atoms with E-state index in [0.29, 0.717) is 29.6 Å². The van der Waals surface area contributed by atoms with Crippen molar-refractivity contribution in [3.63, 3.8) is 0 Å². The molecule has 0 atom stereocenters. The minimum absolute atomic E-state index is 0.0310. The summed E-state index contributed by atoms with van der Waals surface area (Å²) in [7, 11) is 0. The van der Waals surface area contributed by atoms with Crippen molar-refractivity contribution in [1.82, 2.24) is 19.5 Å². The highest BCUT2D eigenvalue weighted by molar-refractivity contribution is 5.53. The Labute approximate surface area is 145 Å². The van der Waals surface area contributed by atoms with E-state index in [1.165, 1.54) is 36.4 Å². The van der Waals surface area contributed by atoms with Crippen molar-refractivity contribution in [3.05, 3.63) is 33.9 Å². The number of ether oxygens (including phenoxy) is 1. The lowest BCUT2D eigenvalue weighted by molar-refractivity contribution is -0.137. The van der Waals surface area contributed by atoms with Gasteiger partial charge in [0.05, 0.1) is 17.9 Å². The first-order valence-electron chi connectivity index (χ1n) is 9.06. The van der Waals surface area contributed by atoms with Crippen LogP contribution in [0.25, 0.3) is 5.65 Å². The average molecular weight is 339 g/mol. The first-order chi connectivity index (χ1) is 12.2. The van der Waals surface area contributed by atoms with Crippen molar-refractivity contribution in [2.24, 2.45) is 11.8 Å². The number of aromatic amines is 1. The predicted molar refractivity (Wildman–Crippen MR) is 89.9 cm³/mol. The number of aromatic nitrogens is 3. The van der Waals surface area contributed by atoms with E-state index >= 15 is 0 Å². The average Bonchev–Trinajstić information content (AvgIpc) is 3.51. The van der Waals surface area contributed by atoms with Gasteiger partial charge in [-0.3, -0.25) is 14.8 Å². The Kier molecular flexibility index (Phi) is 3.27. The van der Waals surface area contributed by atoms with Gasteiger partial charge in [0.1, 0.15) is 11.6 Å². The Hall–Kier alpha value is -2.17. The van der Waals surface area contributed by atoms with Crippen LogP contribution >= 0.6 is 0 Å². The Morgan fingerprint density at radius 3 is 2.80 bits per heavy atom. The molecule has 3 heterocycles. The third-order valence-corrected chi connectivity index (χ3v) is 5.84. The van der Waals surface area contributed by atoms with E-state index in [2.05, 4.69) is 21.1 Å². The maximum Gasteiger partial charge on any atom is 0.272 e. The number of hydrogen-bond donors (Lipinski definition) is 1. The molecule has 3 aliphatic rings. The third-order valence-electron chi connectivity index (χ3n) is 5.84. The zero-order valence-corrected chi connectivity index (χ0v) is 14.1. The van der Waals surface area contributed by atoms with Crippen molar-refractivity contribution in [2.45, 2.75) is 37.8 Å². The third kappa shape index (κ3) is 2.48. The first kappa shape index (κ1) is 15.1. The van der Waals surface area contributed by atoms with Gasteiger partial charge >= 0.3 is 0 Å². The maximum atomic E-state index is 12.3. The minimum Gasteiger partial charge on any atom is -0.372 e. The normalized spacial score (nSPS) is 23.6. The molecule has 2 aromatic heterocycles. The summed E-state index contributed by atoms with van der Waals surface area (Å²) in [6, 6.07) is 3.65. The van der Waals surface area contributed by atoms with Crippen molar-refractivity contribution >= 4 is 5.65 Å². The van der Waals surface area contributed by atoms with Crippen LogP contribution in [0, 0.1) is 23.2 Å². The molecule has 1 saturated heterocycles. The summed E-state index contributed by atoms with van der Waals surface area (Å²) in [5.74, 6) is 1.41. The number of H-pyrrole nitrogens is 1. The highest BCUT2D eigenvalue weighted by atomic mass is 16.5. The number of fused-ring (bicyclic) bond motifs is 1. The molecule has 0 spiro atoms. The van der Waals surface area contributed by atoms with Crippen molar-refractivity contribution in [2.75, 3.05) is 19.7 Å². The number of nitrogens with zero attached hydrogens (tertiary/aromatic N) is 4. The van der Waals surface area contributed by atoms with Gasteiger partial charge in [-0.05, 0) is 37.5 Å². The summed E-state index contributed by atoms with van der Waals surface area (Å²) < 4.78 is 7.64. The summed E-state index contributed by atoms with van der Waals surface area (Å²) in [4.78, 5) is 19.2. The Balaban J connectivity index is 1.42. The van der Waals surface area contributed by atoms with Crippen LogP contribution in [0.1, 0.15) is 36.9 Å². The molecule has 130 valence electrons. The molecule has 3 fully saturated rings. The van der Waals surface area contributed by atoms with Gasteiger partial charge in [0, 0.05) is 31.9 Å². The molecule has 1 aliphatic heterocycles. The van der Waals surface area contributed by atoms with E-state index in [-0.39, 0.29) is 11.2 Å². The van der Waals surface area contributed by atoms with Crippen molar-refractivity contribution in [3.8, 4) is 6.07 Å². The number of rotatable bonds is 4. The largest absolute Gasteiger partial charge is 0.372 e.